The molecule has 2 fully saturated rings. The van der Waals surface area contributed by atoms with Gasteiger partial charge in [-0.25, -0.2) is 0 Å². The van der Waals surface area contributed by atoms with Crippen LogP contribution >= 0.6 is 34.8 Å². The fraction of sp³-hybridized carbons (Fsp3) is 0.471. The van der Waals surface area contributed by atoms with Gasteiger partial charge in [0.2, 0.25) is 5.91 Å². The number of benzene rings is 2. The van der Waals surface area contributed by atoms with E-state index in [0.29, 0.717) is 53.7 Å². The Bertz CT molecular complexity index is 1390. The van der Waals surface area contributed by atoms with Crippen LogP contribution in [0, 0.1) is 12.8 Å². The van der Waals surface area contributed by atoms with Gasteiger partial charge in [-0.05, 0) is 99.0 Å². The number of pyridine rings is 1. The number of ether oxygens (including phenoxy) is 3. The first kappa shape index (κ1) is 32.7. The third-order valence-corrected chi connectivity index (χ3v) is 9.00. The molecule has 0 spiro atoms. The summed E-state index contributed by atoms with van der Waals surface area (Å²) in [5.74, 6) is 1.39. The summed E-state index contributed by atoms with van der Waals surface area (Å²) in [5.41, 5.74) is 4.01. The fourth-order valence-corrected chi connectivity index (χ4v) is 6.54. The maximum absolute atomic E-state index is 13.9. The number of aryl methyl sites for hydroxylation is 2. The Morgan fingerprint density at radius 1 is 0.977 bits per heavy atom. The zero-order valence-corrected chi connectivity index (χ0v) is 27.6. The number of anilines is 1. The Morgan fingerprint density at radius 3 is 2.41 bits per heavy atom. The van der Waals surface area contributed by atoms with Crippen LogP contribution in [0.3, 0.4) is 0 Å². The number of amides is 1. The van der Waals surface area contributed by atoms with E-state index in [-0.39, 0.29) is 17.9 Å². The predicted molar refractivity (Wildman–Crippen MR) is 177 cm³/mol. The molecular formula is C34H40Cl3N3O4. The zero-order valence-electron chi connectivity index (χ0n) is 25.4. The summed E-state index contributed by atoms with van der Waals surface area (Å²) in [6.07, 6.45) is 7.38. The van der Waals surface area contributed by atoms with Crippen molar-refractivity contribution >= 4 is 46.4 Å². The molecule has 1 saturated carbocycles. The van der Waals surface area contributed by atoms with Gasteiger partial charge in [0, 0.05) is 57.0 Å². The van der Waals surface area contributed by atoms with Gasteiger partial charge in [-0.1, -0.05) is 34.8 Å². The minimum absolute atomic E-state index is 0.0559. The molecule has 2 aromatic carbocycles. The van der Waals surface area contributed by atoms with Gasteiger partial charge in [-0.3, -0.25) is 9.78 Å². The van der Waals surface area contributed by atoms with Crippen molar-refractivity contribution in [3.8, 4) is 11.5 Å². The number of carbonyl (C=O) groups excluding carboxylic acids is 1. The average Bonchev–Trinajstić information content (AvgIpc) is 3.86. The van der Waals surface area contributed by atoms with Crippen molar-refractivity contribution in [2.45, 2.75) is 58.0 Å². The summed E-state index contributed by atoms with van der Waals surface area (Å²) < 4.78 is 16.8. The molecular weight excluding hydrogens is 621 g/mol. The largest absolute Gasteiger partial charge is 0.490 e. The second-order valence-corrected chi connectivity index (χ2v) is 12.8. The topological polar surface area (TPSA) is 64.1 Å². The van der Waals surface area contributed by atoms with Crippen LogP contribution in [-0.2, 0) is 22.5 Å². The highest BCUT2D eigenvalue weighted by atomic mass is 35.5. The number of hydrogen-bond donors (Lipinski definition) is 0. The minimum atomic E-state index is -0.0559. The van der Waals surface area contributed by atoms with E-state index in [1.807, 2.05) is 31.2 Å². The zero-order chi connectivity index (χ0) is 31.1. The summed E-state index contributed by atoms with van der Waals surface area (Å²) in [6.45, 7) is 5.43. The number of carbonyl (C=O) groups is 1. The molecule has 5 rings (SSSR count). The molecule has 0 N–H and O–H groups in total. The molecule has 1 aliphatic heterocycles. The second-order valence-electron chi connectivity index (χ2n) is 11.6. The van der Waals surface area contributed by atoms with Gasteiger partial charge in [0.1, 0.15) is 19.0 Å². The Morgan fingerprint density at radius 2 is 1.70 bits per heavy atom. The summed E-state index contributed by atoms with van der Waals surface area (Å²) in [6, 6.07) is 14.0. The average molecular weight is 661 g/mol. The second kappa shape index (κ2) is 15.5. The molecule has 44 heavy (non-hydrogen) atoms. The highest BCUT2D eigenvalue weighted by Gasteiger charge is 2.37. The van der Waals surface area contributed by atoms with E-state index in [0.717, 1.165) is 73.3 Å². The number of rotatable bonds is 14. The van der Waals surface area contributed by atoms with Crippen LogP contribution in [0.1, 0.15) is 48.9 Å². The van der Waals surface area contributed by atoms with Gasteiger partial charge in [0.25, 0.3) is 0 Å². The lowest BCUT2D eigenvalue weighted by molar-refractivity contribution is -0.137. The van der Waals surface area contributed by atoms with Gasteiger partial charge < -0.3 is 24.0 Å². The van der Waals surface area contributed by atoms with Crippen LogP contribution in [0.5, 0.6) is 11.5 Å². The van der Waals surface area contributed by atoms with Crippen LogP contribution in [0.4, 0.5) is 5.69 Å². The third kappa shape index (κ3) is 8.72. The Labute approximate surface area is 275 Å². The third-order valence-electron chi connectivity index (χ3n) is 8.10. The lowest BCUT2D eigenvalue weighted by atomic mass is 9.95. The number of piperidine rings is 1. The SMILES string of the molecule is COCCCc1cc(CN(C(=O)C2CCCN(c3ccc(OCCOc4c(Cl)cc(C)cc4Cl)cc3)C2)C2CC2)c(Cl)cn1. The van der Waals surface area contributed by atoms with Crippen LogP contribution < -0.4 is 14.4 Å². The van der Waals surface area contributed by atoms with Crippen molar-refractivity contribution in [2.75, 3.05) is 44.9 Å². The van der Waals surface area contributed by atoms with E-state index in [1.165, 1.54) is 0 Å². The lowest BCUT2D eigenvalue weighted by Gasteiger charge is -2.36. The van der Waals surface area contributed by atoms with E-state index in [1.54, 1.807) is 13.3 Å². The van der Waals surface area contributed by atoms with Crippen LogP contribution in [0.25, 0.3) is 0 Å². The molecule has 10 heteroatoms. The molecule has 236 valence electrons. The van der Waals surface area contributed by atoms with Crippen molar-refractivity contribution in [1.29, 1.82) is 0 Å². The maximum Gasteiger partial charge on any atom is 0.228 e. The standard InChI is InChI=1S/C34H40Cl3N3O4/c1-23-17-30(35)33(31(36)18-23)44-16-15-43-29-11-9-27(10-12-29)39-13-3-5-24(21-39)34(41)40(28-7-8-28)22-25-19-26(6-4-14-42-2)38-20-32(25)37/h9-12,17-20,24,28H,3-8,13-16,21-22H2,1-2H3. The molecule has 1 atom stereocenters. The van der Waals surface area contributed by atoms with Gasteiger partial charge >= 0.3 is 0 Å². The summed E-state index contributed by atoms with van der Waals surface area (Å²) >= 11 is 19.1. The molecule has 2 heterocycles. The van der Waals surface area contributed by atoms with Gasteiger partial charge in [0.05, 0.1) is 21.0 Å². The number of halogens is 3. The number of aromatic nitrogens is 1. The minimum Gasteiger partial charge on any atom is -0.490 e. The van der Waals surface area contributed by atoms with Crippen LogP contribution in [0.15, 0.2) is 48.7 Å². The molecule has 0 bridgehead atoms. The summed E-state index contributed by atoms with van der Waals surface area (Å²) in [5, 5.41) is 1.59. The number of methoxy groups -OCH3 is 1. The molecule has 2 aliphatic rings. The van der Waals surface area contributed by atoms with Crippen molar-refractivity contribution in [1.82, 2.24) is 9.88 Å². The molecule has 1 aromatic heterocycles. The van der Waals surface area contributed by atoms with Crippen molar-refractivity contribution < 1.29 is 19.0 Å². The number of hydrogen-bond acceptors (Lipinski definition) is 6. The van der Waals surface area contributed by atoms with E-state index in [2.05, 4.69) is 33.0 Å². The van der Waals surface area contributed by atoms with E-state index in [4.69, 9.17) is 49.0 Å². The maximum atomic E-state index is 13.9. The van der Waals surface area contributed by atoms with Gasteiger partial charge in [-0.2, -0.15) is 0 Å². The summed E-state index contributed by atoms with van der Waals surface area (Å²) in [7, 11) is 1.70. The van der Waals surface area contributed by atoms with Crippen molar-refractivity contribution in [3.05, 3.63) is 80.6 Å². The highest BCUT2D eigenvalue weighted by molar-refractivity contribution is 6.37. The molecule has 0 radical (unpaired) electrons. The monoisotopic (exact) mass is 659 g/mol. The smallest absolute Gasteiger partial charge is 0.228 e. The quantitative estimate of drug-likeness (QED) is 0.165. The normalized spacial score (nSPS) is 16.6. The van der Waals surface area contributed by atoms with E-state index in [9.17, 15) is 4.79 Å². The van der Waals surface area contributed by atoms with Gasteiger partial charge in [0.15, 0.2) is 5.75 Å². The van der Waals surface area contributed by atoms with E-state index >= 15 is 0 Å². The first-order valence-corrected chi connectivity index (χ1v) is 16.4. The Balaban J connectivity index is 1.15. The van der Waals surface area contributed by atoms with Crippen molar-refractivity contribution in [3.63, 3.8) is 0 Å². The fourth-order valence-electron chi connectivity index (χ4n) is 5.67. The molecule has 1 unspecified atom stereocenters. The molecule has 1 amide bonds. The number of nitrogens with zero attached hydrogens (tertiary/aromatic N) is 3. The predicted octanol–water partition coefficient (Wildman–Crippen LogP) is 7.79. The molecule has 1 saturated heterocycles. The summed E-state index contributed by atoms with van der Waals surface area (Å²) in [4.78, 5) is 22.8. The molecule has 7 nitrogen and oxygen atoms in total. The lowest BCUT2D eigenvalue weighted by Crippen LogP contribution is -2.45. The van der Waals surface area contributed by atoms with Gasteiger partial charge in [-0.15, -0.1) is 0 Å². The van der Waals surface area contributed by atoms with E-state index < -0.39 is 0 Å². The first-order valence-electron chi connectivity index (χ1n) is 15.3. The first-order chi connectivity index (χ1) is 21.3. The van der Waals surface area contributed by atoms with Crippen molar-refractivity contribution in [2.24, 2.45) is 5.92 Å². The Kier molecular flexibility index (Phi) is 11.5. The molecule has 3 aromatic rings. The highest BCUT2D eigenvalue weighted by Crippen LogP contribution is 2.35. The molecule has 1 aliphatic carbocycles. The van der Waals surface area contributed by atoms with Crippen LogP contribution in [-0.4, -0.2) is 61.9 Å². The van der Waals surface area contributed by atoms with Crippen LogP contribution in [0.2, 0.25) is 15.1 Å². The Hall–Kier alpha value is -2.71.